The Bertz CT molecular complexity index is 1110. The summed E-state index contributed by atoms with van der Waals surface area (Å²) in [5, 5.41) is 6.12. The van der Waals surface area contributed by atoms with Gasteiger partial charge in [-0.25, -0.2) is 4.98 Å². The van der Waals surface area contributed by atoms with Crippen LogP contribution in [0.25, 0.3) is 22.3 Å². The Morgan fingerprint density at radius 2 is 2.10 bits per heavy atom. The molecule has 0 unspecified atom stereocenters. The molecule has 1 N–H and O–H groups in total. The number of carbonyl (C=O) groups excluding carboxylic acids is 1. The van der Waals surface area contributed by atoms with Crippen molar-refractivity contribution in [1.29, 1.82) is 0 Å². The second kappa shape index (κ2) is 8.85. The maximum Gasteiger partial charge on any atom is 0.264 e. The molecule has 3 heterocycles. The van der Waals surface area contributed by atoms with Gasteiger partial charge in [0.1, 0.15) is 11.4 Å². The third-order valence-corrected chi connectivity index (χ3v) is 5.10. The molecule has 0 aliphatic rings. The molecule has 148 valence electrons. The number of nitrogens with one attached hydrogen (secondary N) is 1. The van der Waals surface area contributed by atoms with Crippen LogP contribution in [0.15, 0.2) is 60.2 Å². The Kier molecular flexibility index (Phi) is 5.83. The van der Waals surface area contributed by atoms with Gasteiger partial charge in [0.05, 0.1) is 17.8 Å². The quantitative estimate of drug-likeness (QED) is 0.479. The lowest BCUT2D eigenvalue weighted by atomic mass is 10.2. The zero-order valence-corrected chi connectivity index (χ0v) is 16.7. The van der Waals surface area contributed by atoms with E-state index in [0.717, 1.165) is 28.8 Å². The summed E-state index contributed by atoms with van der Waals surface area (Å²) in [6.45, 7) is 1.29. The number of aromatic nitrogens is 3. The lowest BCUT2D eigenvalue weighted by molar-refractivity contribution is -0.118. The second-order valence-electron chi connectivity index (χ2n) is 6.28. The molecule has 8 heteroatoms. The SMILES string of the molecule is COCCn1ccc2c(OCC(=O)Nc3nc(-c4ccccn4)cs3)cccc21. The van der Waals surface area contributed by atoms with Crippen LogP contribution in [0.4, 0.5) is 5.13 Å². The van der Waals surface area contributed by atoms with E-state index in [-0.39, 0.29) is 12.5 Å². The number of ether oxygens (including phenoxy) is 2. The van der Waals surface area contributed by atoms with Crippen LogP contribution in [-0.4, -0.2) is 40.8 Å². The van der Waals surface area contributed by atoms with Gasteiger partial charge in [0.25, 0.3) is 5.91 Å². The third-order valence-electron chi connectivity index (χ3n) is 4.35. The molecular weight excluding hydrogens is 388 g/mol. The van der Waals surface area contributed by atoms with E-state index < -0.39 is 0 Å². The third kappa shape index (κ3) is 4.44. The van der Waals surface area contributed by atoms with Gasteiger partial charge < -0.3 is 14.0 Å². The molecule has 0 saturated heterocycles. The summed E-state index contributed by atoms with van der Waals surface area (Å²) >= 11 is 1.35. The van der Waals surface area contributed by atoms with E-state index in [1.165, 1.54) is 11.3 Å². The number of carbonyl (C=O) groups is 1. The number of methoxy groups -OCH3 is 1. The first-order valence-corrected chi connectivity index (χ1v) is 9.99. The van der Waals surface area contributed by atoms with E-state index in [2.05, 4.69) is 19.9 Å². The summed E-state index contributed by atoms with van der Waals surface area (Å²) in [6, 6.07) is 13.4. The van der Waals surface area contributed by atoms with Gasteiger partial charge in [-0.15, -0.1) is 11.3 Å². The monoisotopic (exact) mass is 408 g/mol. The van der Waals surface area contributed by atoms with E-state index in [0.29, 0.717) is 17.5 Å². The van der Waals surface area contributed by atoms with Crippen LogP contribution in [-0.2, 0) is 16.1 Å². The molecule has 7 nitrogen and oxygen atoms in total. The summed E-state index contributed by atoms with van der Waals surface area (Å²) in [4.78, 5) is 21.0. The van der Waals surface area contributed by atoms with Gasteiger partial charge in [0.2, 0.25) is 0 Å². The maximum absolute atomic E-state index is 12.3. The molecule has 4 aromatic rings. The highest BCUT2D eigenvalue weighted by Gasteiger charge is 2.11. The number of amides is 1. The normalized spacial score (nSPS) is 10.9. The van der Waals surface area contributed by atoms with Crippen molar-refractivity contribution in [3.05, 3.63) is 60.2 Å². The zero-order chi connectivity index (χ0) is 20.1. The van der Waals surface area contributed by atoms with Gasteiger partial charge in [-0.05, 0) is 30.3 Å². The highest BCUT2D eigenvalue weighted by atomic mass is 32.1. The summed E-state index contributed by atoms with van der Waals surface area (Å²) in [6.07, 6.45) is 3.70. The minimum absolute atomic E-state index is 0.0964. The summed E-state index contributed by atoms with van der Waals surface area (Å²) in [7, 11) is 1.68. The minimum Gasteiger partial charge on any atom is -0.483 e. The molecule has 0 aliphatic carbocycles. The molecule has 0 saturated carbocycles. The van der Waals surface area contributed by atoms with Crippen LogP contribution in [0.5, 0.6) is 5.75 Å². The maximum atomic E-state index is 12.3. The minimum atomic E-state index is -0.261. The Morgan fingerprint density at radius 3 is 2.93 bits per heavy atom. The number of thiazole rings is 1. The molecule has 0 fully saturated rings. The van der Waals surface area contributed by atoms with Crippen LogP contribution in [0, 0.1) is 0 Å². The van der Waals surface area contributed by atoms with Crippen molar-refractivity contribution in [1.82, 2.24) is 14.5 Å². The standard InChI is InChI=1S/C21H20N4O3S/c1-27-12-11-25-10-8-15-18(25)6-4-7-19(15)28-13-20(26)24-21-23-17(14-29-21)16-5-2-3-9-22-16/h2-10,14H,11-13H2,1H3,(H,23,24,26). The molecular formula is C21H20N4O3S. The van der Waals surface area contributed by atoms with Crippen molar-refractivity contribution >= 4 is 33.3 Å². The van der Waals surface area contributed by atoms with E-state index in [1.807, 2.05) is 54.0 Å². The zero-order valence-electron chi connectivity index (χ0n) is 15.9. The lowest BCUT2D eigenvalue weighted by Crippen LogP contribution is -2.20. The Morgan fingerprint density at radius 1 is 1.17 bits per heavy atom. The van der Waals surface area contributed by atoms with E-state index in [9.17, 15) is 4.79 Å². The summed E-state index contributed by atoms with van der Waals surface area (Å²) < 4.78 is 13.0. The van der Waals surface area contributed by atoms with E-state index in [4.69, 9.17) is 9.47 Å². The predicted octanol–water partition coefficient (Wildman–Crippen LogP) is 3.82. The Hall–Kier alpha value is -3.23. The van der Waals surface area contributed by atoms with E-state index >= 15 is 0 Å². The van der Waals surface area contributed by atoms with Gasteiger partial charge >= 0.3 is 0 Å². The molecule has 3 aromatic heterocycles. The first-order chi connectivity index (χ1) is 14.2. The molecule has 1 amide bonds. The van der Waals surface area contributed by atoms with Crippen molar-refractivity contribution < 1.29 is 14.3 Å². The highest BCUT2D eigenvalue weighted by molar-refractivity contribution is 7.14. The van der Waals surface area contributed by atoms with E-state index in [1.54, 1.807) is 13.3 Å². The second-order valence-corrected chi connectivity index (χ2v) is 7.14. The number of anilines is 1. The van der Waals surface area contributed by atoms with Gasteiger partial charge in [-0.2, -0.15) is 0 Å². The Labute approximate surface area is 171 Å². The topological polar surface area (TPSA) is 78.3 Å². The number of pyridine rings is 1. The number of rotatable bonds is 8. The van der Waals surface area contributed by atoms with Crippen molar-refractivity contribution in [3.8, 4) is 17.1 Å². The molecule has 0 atom stereocenters. The molecule has 0 spiro atoms. The van der Waals surface area contributed by atoms with Crippen LogP contribution >= 0.6 is 11.3 Å². The van der Waals surface area contributed by atoms with Crippen molar-refractivity contribution in [2.24, 2.45) is 0 Å². The van der Waals surface area contributed by atoms with Gasteiger partial charge in [-0.3, -0.25) is 15.1 Å². The highest BCUT2D eigenvalue weighted by Crippen LogP contribution is 2.27. The average Bonchev–Trinajstić information content (AvgIpc) is 3.39. The molecule has 0 aliphatic heterocycles. The summed E-state index contributed by atoms with van der Waals surface area (Å²) in [5.74, 6) is 0.407. The summed E-state index contributed by atoms with van der Waals surface area (Å²) in [5.41, 5.74) is 2.54. The van der Waals surface area contributed by atoms with Crippen molar-refractivity contribution in [2.45, 2.75) is 6.54 Å². The first-order valence-electron chi connectivity index (χ1n) is 9.11. The smallest absolute Gasteiger partial charge is 0.264 e. The van der Waals surface area contributed by atoms with Crippen LogP contribution < -0.4 is 10.1 Å². The fourth-order valence-corrected chi connectivity index (χ4v) is 3.69. The fourth-order valence-electron chi connectivity index (χ4n) is 2.97. The molecule has 29 heavy (non-hydrogen) atoms. The molecule has 1 aromatic carbocycles. The van der Waals surface area contributed by atoms with Gasteiger partial charge in [-0.1, -0.05) is 12.1 Å². The van der Waals surface area contributed by atoms with Crippen LogP contribution in [0.3, 0.4) is 0 Å². The molecule has 4 rings (SSSR count). The lowest BCUT2D eigenvalue weighted by Gasteiger charge is -2.09. The number of fused-ring (bicyclic) bond motifs is 1. The first kappa shape index (κ1) is 19.1. The predicted molar refractivity (Wildman–Crippen MR) is 113 cm³/mol. The molecule has 0 radical (unpaired) electrons. The van der Waals surface area contributed by atoms with Crippen molar-refractivity contribution in [3.63, 3.8) is 0 Å². The Balaban J connectivity index is 1.39. The van der Waals surface area contributed by atoms with Gasteiger partial charge in [0.15, 0.2) is 11.7 Å². The molecule has 0 bridgehead atoms. The van der Waals surface area contributed by atoms with Crippen molar-refractivity contribution in [2.75, 3.05) is 25.6 Å². The number of hydrogen-bond donors (Lipinski definition) is 1. The number of benzene rings is 1. The van der Waals surface area contributed by atoms with Crippen LogP contribution in [0.2, 0.25) is 0 Å². The van der Waals surface area contributed by atoms with Gasteiger partial charge in [0, 0.05) is 36.8 Å². The van der Waals surface area contributed by atoms with Crippen LogP contribution in [0.1, 0.15) is 0 Å². The average molecular weight is 408 g/mol. The largest absolute Gasteiger partial charge is 0.483 e. The number of hydrogen-bond acceptors (Lipinski definition) is 6. The fraction of sp³-hybridized carbons (Fsp3) is 0.190. The number of nitrogens with zero attached hydrogens (tertiary/aromatic N) is 3.